The Kier molecular flexibility index (Phi) is 2.06. The summed E-state index contributed by atoms with van der Waals surface area (Å²) in [5.41, 5.74) is 0.299. The summed E-state index contributed by atoms with van der Waals surface area (Å²) < 4.78 is 4.75. The summed E-state index contributed by atoms with van der Waals surface area (Å²) in [6.45, 7) is 0. The molecule has 0 saturated heterocycles. The molecule has 1 aromatic rings. The molecule has 11 heavy (non-hydrogen) atoms. The summed E-state index contributed by atoms with van der Waals surface area (Å²) >= 11 is 0. The lowest BCUT2D eigenvalue weighted by Crippen LogP contribution is -2.00. The average Bonchev–Trinajstić information content (AvgIpc) is 2.34. The zero-order valence-corrected chi connectivity index (χ0v) is 5.61. The molecule has 0 spiro atoms. The van der Waals surface area contributed by atoms with Gasteiger partial charge in [-0.15, -0.1) is 0 Å². The van der Waals surface area contributed by atoms with Crippen LogP contribution in [0.25, 0.3) is 0 Å². The summed E-state index contributed by atoms with van der Waals surface area (Å²) in [5, 5.41) is 8.33. The number of rotatable bonds is 3. The number of carbonyl (C=O) groups is 2. The van der Waals surface area contributed by atoms with Crippen molar-refractivity contribution < 1.29 is 19.1 Å². The molecule has 0 bridgehead atoms. The summed E-state index contributed by atoms with van der Waals surface area (Å²) in [7, 11) is 0. The number of carboxylic acids is 1. The fourth-order valence-corrected chi connectivity index (χ4v) is 0.737. The van der Waals surface area contributed by atoms with Gasteiger partial charge in [0.05, 0.1) is 11.8 Å². The van der Waals surface area contributed by atoms with Crippen LogP contribution in [0.15, 0.2) is 16.7 Å². The van der Waals surface area contributed by atoms with Crippen LogP contribution >= 0.6 is 0 Å². The van der Waals surface area contributed by atoms with E-state index in [9.17, 15) is 9.59 Å². The zero-order valence-electron chi connectivity index (χ0n) is 5.61. The monoisotopic (exact) mass is 154 g/mol. The van der Waals surface area contributed by atoms with E-state index in [1.165, 1.54) is 12.3 Å². The topological polar surface area (TPSA) is 67.5 Å². The molecule has 0 aliphatic carbocycles. The lowest BCUT2D eigenvalue weighted by atomic mass is 10.2. The van der Waals surface area contributed by atoms with Gasteiger partial charge in [0.15, 0.2) is 6.29 Å². The van der Waals surface area contributed by atoms with Crippen LogP contribution in [-0.2, 0) is 11.2 Å². The van der Waals surface area contributed by atoms with Gasteiger partial charge < -0.3 is 9.52 Å². The van der Waals surface area contributed by atoms with E-state index in [-0.39, 0.29) is 12.2 Å². The molecule has 4 heteroatoms. The number of aldehydes is 1. The van der Waals surface area contributed by atoms with E-state index in [0.717, 1.165) is 0 Å². The first-order chi connectivity index (χ1) is 5.24. The molecule has 0 atom stereocenters. The van der Waals surface area contributed by atoms with Crippen molar-refractivity contribution in [1.82, 2.24) is 0 Å². The smallest absolute Gasteiger partial charge is 0.311 e. The van der Waals surface area contributed by atoms with Crippen LogP contribution in [0, 0.1) is 0 Å². The first-order valence-corrected chi connectivity index (χ1v) is 2.97. The van der Waals surface area contributed by atoms with Gasteiger partial charge in [-0.05, 0) is 6.07 Å². The quantitative estimate of drug-likeness (QED) is 0.651. The maximum Gasteiger partial charge on any atom is 0.311 e. The lowest BCUT2D eigenvalue weighted by Gasteiger charge is -1.89. The van der Waals surface area contributed by atoms with Gasteiger partial charge in [-0.2, -0.15) is 0 Å². The van der Waals surface area contributed by atoms with Gasteiger partial charge in [-0.3, -0.25) is 9.59 Å². The second kappa shape index (κ2) is 3.01. The highest BCUT2D eigenvalue weighted by Gasteiger charge is 2.08. The molecular weight excluding hydrogens is 148 g/mol. The van der Waals surface area contributed by atoms with E-state index in [0.29, 0.717) is 11.8 Å². The van der Waals surface area contributed by atoms with Crippen molar-refractivity contribution in [2.24, 2.45) is 0 Å². The van der Waals surface area contributed by atoms with Crippen LogP contribution in [0.2, 0.25) is 0 Å². The Morgan fingerprint density at radius 3 is 3.00 bits per heavy atom. The number of carboxylic acid groups (broad SMARTS) is 1. The van der Waals surface area contributed by atoms with Crippen molar-refractivity contribution >= 4 is 12.3 Å². The third-order valence-corrected chi connectivity index (χ3v) is 1.22. The van der Waals surface area contributed by atoms with Gasteiger partial charge in [0.1, 0.15) is 12.2 Å². The van der Waals surface area contributed by atoms with E-state index in [4.69, 9.17) is 9.52 Å². The Hall–Kier alpha value is -1.58. The lowest BCUT2D eigenvalue weighted by molar-refractivity contribution is -0.136. The third kappa shape index (κ3) is 1.67. The number of hydrogen-bond donors (Lipinski definition) is 1. The maximum absolute atomic E-state index is 10.2. The SMILES string of the molecule is O=Cc1ccoc1CC(=O)O. The number of hydrogen-bond acceptors (Lipinski definition) is 3. The van der Waals surface area contributed by atoms with Gasteiger partial charge >= 0.3 is 5.97 Å². The predicted molar refractivity (Wildman–Crippen MR) is 35.4 cm³/mol. The molecule has 1 aromatic heterocycles. The first kappa shape index (κ1) is 7.53. The minimum absolute atomic E-state index is 0.201. The molecule has 0 fully saturated rings. The summed E-state index contributed by atoms with van der Waals surface area (Å²) in [6, 6.07) is 1.44. The Morgan fingerprint density at radius 1 is 1.73 bits per heavy atom. The van der Waals surface area contributed by atoms with E-state index in [1.807, 2.05) is 0 Å². The Balaban J connectivity index is 2.84. The molecule has 1 rings (SSSR count). The molecule has 58 valence electrons. The summed E-state index contributed by atoms with van der Waals surface area (Å²) in [5.74, 6) is -0.810. The van der Waals surface area contributed by atoms with Crippen LogP contribution in [-0.4, -0.2) is 17.4 Å². The second-order valence-electron chi connectivity index (χ2n) is 1.99. The fourth-order valence-electron chi connectivity index (χ4n) is 0.737. The highest BCUT2D eigenvalue weighted by molar-refractivity contribution is 5.79. The minimum atomic E-state index is -1.01. The molecule has 0 saturated carbocycles. The number of aliphatic carboxylic acids is 1. The van der Waals surface area contributed by atoms with Crippen molar-refractivity contribution in [2.75, 3.05) is 0 Å². The number of furan rings is 1. The number of carbonyl (C=O) groups excluding carboxylic acids is 1. The molecule has 1 N–H and O–H groups in total. The Bertz CT molecular complexity index is 274. The summed E-state index contributed by atoms with van der Waals surface area (Å²) in [4.78, 5) is 20.4. The van der Waals surface area contributed by atoms with E-state index < -0.39 is 5.97 Å². The first-order valence-electron chi connectivity index (χ1n) is 2.97. The van der Waals surface area contributed by atoms with Crippen LogP contribution in [0.4, 0.5) is 0 Å². The molecular formula is C7H6O4. The maximum atomic E-state index is 10.2. The average molecular weight is 154 g/mol. The van der Waals surface area contributed by atoms with Crippen molar-refractivity contribution in [3.05, 3.63) is 23.7 Å². The van der Waals surface area contributed by atoms with E-state index in [2.05, 4.69) is 0 Å². The highest BCUT2D eigenvalue weighted by atomic mass is 16.4. The predicted octanol–water partition coefficient (Wildman–Crippen LogP) is 0.719. The Morgan fingerprint density at radius 2 is 2.45 bits per heavy atom. The van der Waals surface area contributed by atoms with Crippen LogP contribution < -0.4 is 0 Å². The molecule has 0 aliphatic heterocycles. The largest absolute Gasteiger partial charge is 0.481 e. The van der Waals surface area contributed by atoms with Crippen molar-refractivity contribution in [3.63, 3.8) is 0 Å². The van der Waals surface area contributed by atoms with Gasteiger partial charge in [0, 0.05) is 0 Å². The molecule has 0 unspecified atom stereocenters. The van der Waals surface area contributed by atoms with Gasteiger partial charge in [0.2, 0.25) is 0 Å². The molecule has 0 radical (unpaired) electrons. The molecule has 0 aromatic carbocycles. The third-order valence-electron chi connectivity index (χ3n) is 1.22. The van der Waals surface area contributed by atoms with Crippen molar-refractivity contribution in [2.45, 2.75) is 6.42 Å². The van der Waals surface area contributed by atoms with E-state index in [1.54, 1.807) is 0 Å². The van der Waals surface area contributed by atoms with Gasteiger partial charge in [-0.1, -0.05) is 0 Å². The van der Waals surface area contributed by atoms with Crippen molar-refractivity contribution in [3.8, 4) is 0 Å². The standard InChI is InChI=1S/C7H6O4/c8-4-5-1-2-11-6(5)3-7(9)10/h1-2,4H,3H2,(H,9,10). The zero-order chi connectivity index (χ0) is 8.27. The Labute approximate surface area is 62.4 Å². The molecule has 4 nitrogen and oxygen atoms in total. The van der Waals surface area contributed by atoms with Crippen molar-refractivity contribution in [1.29, 1.82) is 0 Å². The van der Waals surface area contributed by atoms with Crippen LogP contribution in [0.3, 0.4) is 0 Å². The van der Waals surface area contributed by atoms with Gasteiger partial charge in [-0.25, -0.2) is 0 Å². The van der Waals surface area contributed by atoms with Gasteiger partial charge in [0.25, 0.3) is 0 Å². The minimum Gasteiger partial charge on any atom is -0.481 e. The molecule has 0 aliphatic rings. The summed E-state index contributed by atoms with van der Waals surface area (Å²) in [6.07, 6.45) is 1.62. The highest BCUT2D eigenvalue weighted by Crippen LogP contribution is 2.08. The van der Waals surface area contributed by atoms with Crippen LogP contribution in [0.5, 0.6) is 0 Å². The van der Waals surface area contributed by atoms with E-state index >= 15 is 0 Å². The second-order valence-corrected chi connectivity index (χ2v) is 1.99. The van der Waals surface area contributed by atoms with Crippen LogP contribution in [0.1, 0.15) is 16.1 Å². The molecule has 1 heterocycles. The normalized spacial score (nSPS) is 9.45. The fraction of sp³-hybridized carbons (Fsp3) is 0.143. The molecule has 0 amide bonds.